The lowest BCUT2D eigenvalue weighted by Crippen LogP contribution is -2.56. The minimum Gasteiger partial charge on any atom is -0.480 e. The summed E-state index contributed by atoms with van der Waals surface area (Å²) in [5.74, 6) is -1.02. The van der Waals surface area contributed by atoms with E-state index in [2.05, 4.69) is 0 Å². The van der Waals surface area contributed by atoms with Crippen molar-refractivity contribution >= 4 is 12.0 Å². The van der Waals surface area contributed by atoms with Crippen molar-refractivity contribution in [2.24, 2.45) is 0 Å². The first-order valence-corrected chi connectivity index (χ1v) is 6.41. The molecule has 2 N–H and O–H groups in total. The normalized spacial score (nSPS) is 24.9. The smallest absolute Gasteiger partial charge is 0.326 e. The molecule has 110 valence electrons. The van der Waals surface area contributed by atoms with Crippen LogP contribution in [0.3, 0.4) is 0 Å². The van der Waals surface area contributed by atoms with Gasteiger partial charge in [-0.15, -0.1) is 0 Å². The summed E-state index contributed by atoms with van der Waals surface area (Å²) in [4.78, 5) is 26.1. The lowest BCUT2D eigenvalue weighted by Gasteiger charge is -2.39. The number of carboxylic acids is 1. The van der Waals surface area contributed by atoms with Gasteiger partial charge in [-0.05, 0) is 13.3 Å². The Bertz CT molecular complexity index is 336. The highest BCUT2D eigenvalue weighted by molar-refractivity contribution is 5.82. The number of amides is 2. The van der Waals surface area contributed by atoms with E-state index >= 15 is 0 Å². The predicted octanol–water partition coefficient (Wildman–Crippen LogP) is -0.0170. The van der Waals surface area contributed by atoms with Gasteiger partial charge in [0.1, 0.15) is 6.04 Å². The average Bonchev–Trinajstić information content (AvgIpc) is 2.37. The van der Waals surface area contributed by atoms with Gasteiger partial charge in [0.05, 0.1) is 25.4 Å². The molecule has 0 aromatic heterocycles. The van der Waals surface area contributed by atoms with Gasteiger partial charge >= 0.3 is 12.0 Å². The minimum atomic E-state index is -1.02. The first-order valence-electron chi connectivity index (χ1n) is 6.41. The molecular formula is C12H22N2O5. The number of aliphatic hydroxyl groups excluding tert-OH is 1. The average molecular weight is 274 g/mol. The molecule has 0 saturated carbocycles. The fraction of sp³-hybridized carbons (Fsp3) is 0.833. The van der Waals surface area contributed by atoms with Crippen molar-refractivity contribution in [2.75, 3.05) is 26.7 Å². The number of rotatable bonds is 4. The van der Waals surface area contributed by atoms with Crippen molar-refractivity contribution in [3.8, 4) is 0 Å². The quantitative estimate of drug-likeness (QED) is 0.752. The Kier molecular flexibility index (Phi) is 5.56. The van der Waals surface area contributed by atoms with E-state index in [4.69, 9.17) is 14.9 Å². The number of aliphatic hydroxyl groups is 1. The Labute approximate surface area is 112 Å². The topological polar surface area (TPSA) is 90.3 Å². The molecule has 0 bridgehead atoms. The van der Waals surface area contributed by atoms with Crippen LogP contribution >= 0.6 is 0 Å². The van der Waals surface area contributed by atoms with E-state index in [-0.39, 0.29) is 25.3 Å². The molecule has 7 nitrogen and oxygen atoms in total. The zero-order chi connectivity index (χ0) is 14.6. The molecule has 3 unspecified atom stereocenters. The van der Waals surface area contributed by atoms with Crippen LogP contribution in [0.25, 0.3) is 0 Å². The van der Waals surface area contributed by atoms with Crippen molar-refractivity contribution in [3.63, 3.8) is 0 Å². The van der Waals surface area contributed by atoms with E-state index in [9.17, 15) is 9.59 Å². The number of likely N-dealkylation sites (N-methyl/N-ethyl adjacent to an activating group) is 1. The van der Waals surface area contributed by atoms with Crippen LogP contribution in [-0.4, -0.2) is 77.0 Å². The maximum atomic E-state index is 12.3. The maximum Gasteiger partial charge on any atom is 0.326 e. The molecule has 1 heterocycles. The van der Waals surface area contributed by atoms with Gasteiger partial charge in [0.15, 0.2) is 0 Å². The Morgan fingerprint density at radius 2 is 2.11 bits per heavy atom. The van der Waals surface area contributed by atoms with Crippen molar-refractivity contribution < 1.29 is 24.5 Å². The van der Waals surface area contributed by atoms with Gasteiger partial charge in [0, 0.05) is 13.6 Å². The Balaban J connectivity index is 2.72. The zero-order valence-electron chi connectivity index (χ0n) is 11.6. The second-order valence-corrected chi connectivity index (χ2v) is 4.81. The molecule has 0 aromatic rings. The summed E-state index contributed by atoms with van der Waals surface area (Å²) in [6, 6.07) is -1.18. The number of nitrogens with zero attached hydrogens (tertiary/aromatic N) is 2. The lowest BCUT2D eigenvalue weighted by molar-refractivity contribution is -0.142. The summed E-state index contributed by atoms with van der Waals surface area (Å²) in [6.45, 7) is 4.06. The summed E-state index contributed by atoms with van der Waals surface area (Å²) in [5, 5.41) is 18.2. The van der Waals surface area contributed by atoms with E-state index in [1.807, 2.05) is 6.92 Å². The molecule has 7 heteroatoms. The van der Waals surface area contributed by atoms with E-state index in [0.29, 0.717) is 13.0 Å². The molecule has 0 spiro atoms. The summed E-state index contributed by atoms with van der Waals surface area (Å²) in [7, 11) is 1.48. The van der Waals surface area contributed by atoms with Crippen molar-refractivity contribution in [3.05, 3.63) is 0 Å². The number of aliphatic carboxylic acids is 1. The molecule has 0 aromatic carbocycles. The lowest BCUT2D eigenvalue weighted by atomic mass is 10.2. The van der Waals surface area contributed by atoms with Gasteiger partial charge in [-0.2, -0.15) is 0 Å². The molecule has 1 fully saturated rings. The van der Waals surface area contributed by atoms with Gasteiger partial charge in [0.2, 0.25) is 0 Å². The van der Waals surface area contributed by atoms with Gasteiger partial charge in [0.25, 0.3) is 0 Å². The first kappa shape index (κ1) is 15.7. The molecular weight excluding hydrogens is 252 g/mol. The molecule has 1 rings (SSSR count). The van der Waals surface area contributed by atoms with Crippen LogP contribution in [0.4, 0.5) is 4.79 Å². The number of carbonyl (C=O) groups is 2. The van der Waals surface area contributed by atoms with Gasteiger partial charge < -0.3 is 24.7 Å². The van der Waals surface area contributed by atoms with E-state index in [1.54, 1.807) is 6.92 Å². The molecule has 0 radical (unpaired) electrons. The third kappa shape index (κ3) is 3.81. The minimum absolute atomic E-state index is 0.159. The predicted molar refractivity (Wildman–Crippen MR) is 67.9 cm³/mol. The summed E-state index contributed by atoms with van der Waals surface area (Å²) >= 11 is 0. The third-order valence-corrected chi connectivity index (χ3v) is 3.24. The fourth-order valence-electron chi connectivity index (χ4n) is 2.27. The van der Waals surface area contributed by atoms with E-state index in [0.717, 1.165) is 0 Å². The number of hydrogen-bond acceptors (Lipinski definition) is 4. The highest BCUT2D eigenvalue weighted by Crippen LogP contribution is 2.14. The third-order valence-electron chi connectivity index (χ3n) is 3.24. The number of hydrogen-bond donors (Lipinski definition) is 2. The molecule has 1 saturated heterocycles. The Hall–Kier alpha value is -1.34. The summed E-state index contributed by atoms with van der Waals surface area (Å²) in [6.07, 6.45) is -0.236. The molecule has 19 heavy (non-hydrogen) atoms. The largest absolute Gasteiger partial charge is 0.480 e. The number of carboxylic acid groups (broad SMARTS) is 1. The highest BCUT2D eigenvalue weighted by Gasteiger charge is 2.33. The summed E-state index contributed by atoms with van der Waals surface area (Å²) < 4.78 is 5.45. The fourth-order valence-corrected chi connectivity index (χ4v) is 2.27. The van der Waals surface area contributed by atoms with Crippen molar-refractivity contribution in [1.82, 2.24) is 9.80 Å². The van der Waals surface area contributed by atoms with Crippen LogP contribution in [0.15, 0.2) is 0 Å². The van der Waals surface area contributed by atoms with E-state index < -0.39 is 18.1 Å². The number of morpholine rings is 1. The monoisotopic (exact) mass is 274 g/mol. The molecule has 1 aliphatic rings. The second-order valence-electron chi connectivity index (χ2n) is 4.81. The molecule has 1 aliphatic heterocycles. The Morgan fingerprint density at radius 1 is 1.47 bits per heavy atom. The maximum absolute atomic E-state index is 12.3. The van der Waals surface area contributed by atoms with Crippen LogP contribution in [0, 0.1) is 0 Å². The van der Waals surface area contributed by atoms with Gasteiger partial charge in [-0.3, -0.25) is 0 Å². The van der Waals surface area contributed by atoms with Gasteiger partial charge in [-0.25, -0.2) is 9.59 Å². The second kappa shape index (κ2) is 6.72. The number of urea groups is 1. The number of carbonyl (C=O) groups excluding carboxylic acids is 1. The Morgan fingerprint density at radius 3 is 2.58 bits per heavy atom. The van der Waals surface area contributed by atoms with Crippen LogP contribution in [0.2, 0.25) is 0 Å². The van der Waals surface area contributed by atoms with Gasteiger partial charge in [-0.1, -0.05) is 6.92 Å². The van der Waals surface area contributed by atoms with Crippen molar-refractivity contribution in [2.45, 2.75) is 38.5 Å². The zero-order valence-corrected chi connectivity index (χ0v) is 11.6. The SMILES string of the molecule is CCC(C(=O)O)N(C)C(=O)N1CC(C)OC(CO)C1. The number of ether oxygens (including phenoxy) is 1. The first-order chi connectivity index (χ1) is 8.90. The van der Waals surface area contributed by atoms with Crippen molar-refractivity contribution in [1.29, 1.82) is 0 Å². The highest BCUT2D eigenvalue weighted by atomic mass is 16.5. The molecule has 3 atom stereocenters. The summed E-state index contributed by atoms with van der Waals surface area (Å²) in [5.41, 5.74) is 0. The standard InChI is InChI=1S/C12H22N2O5/c1-4-10(11(16)17)13(3)12(18)14-5-8(2)19-9(6-14)7-15/h8-10,15H,4-7H2,1-3H3,(H,16,17). The van der Waals surface area contributed by atoms with Crippen LogP contribution in [0.5, 0.6) is 0 Å². The molecule has 0 aliphatic carbocycles. The van der Waals surface area contributed by atoms with E-state index in [1.165, 1.54) is 16.8 Å². The van der Waals surface area contributed by atoms with Crippen LogP contribution < -0.4 is 0 Å². The van der Waals surface area contributed by atoms with Crippen LogP contribution in [0.1, 0.15) is 20.3 Å². The van der Waals surface area contributed by atoms with Crippen LogP contribution in [-0.2, 0) is 9.53 Å². The molecule has 2 amide bonds.